The Kier molecular flexibility index (Phi) is 5.33. The normalized spacial score (nSPS) is 16.9. The van der Waals surface area contributed by atoms with Crippen molar-refractivity contribution in [2.24, 2.45) is 0 Å². The van der Waals surface area contributed by atoms with Crippen LogP contribution in [0.3, 0.4) is 0 Å². The summed E-state index contributed by atoms with van der Waals surface area (Å²) in [4.78, 5) is 21.9. The lowest BCUT2D eigenvalue weighted by Crippen LogP contribution is -2.39. The van der Waals surface area contributed by atoms with Gasteiger partial charge in [0.05, 0.1) is 13.3 Å². The number of methoxy groups -OCH3 is 1. The number of ether oxygens (including phenoxy) is 1. The third-order valence-corrected chi connectivity index (χ3v) is 4.12. The van der Waals surface area contributed by atoms with Crippen LogP contribution in [0.25, 0.3) is 0 Å². The molecule has 10 heteroatoms. The van der Waals surface area contributed by atoms with Crippen molar-refractivity contribution in [3.05, 3.63) is 42.4 Å². The summed E-state index contributed by atoms with van der Waals surface area (Å²) >= 11 is 0. The lowest BCUT2D eigenvalue weighted by atomic mass is 10.2. The van der Waals surface area contributed by atoms with Crippen LogP contribution in [-0.4, -0.2) is 42.2 Å². The zero-order valence-electron chi connectivity index (χ0n) is 14.5. The molecule has 2 aromatic heterocycles. The zero-order valence-corrected chi connectivity index (χ0v) is 14.5. The van der Waals surface area contributed by atoms with Crippen molar-refractivity contribution in [3.8, 4) is 5.75 Å². The van der Waals surface area contributed by atoms with E-state index in [9.17, 15) is 18.0 Å². The van der Waals surface area contributed by atoms with Gasteiger partial charge in [-0.25, -0.2) is 14.8 Å². The Morgan fingerprint density at radius 3 is 2.81 bits per heavy atom. The molecule has 3 heterocycles. The van der Waals surface area contributed by atoms with Crippen LogP contribution in [0, 0.1) is 0 Å². The predicted octanol–water partition coefficient (Wildman–Crippen LogP) is 2.90. The maximum Gasteiger partial charge on any atom is 0.433 e. The molecule has 1 saturated heterocycles. The van der Waals surface area contributed by atoms with Crippen molar-refractivity contribution in [2.45, 2.75) is 18.6 Å². The third kappa shape index (κ3) is 4.57. The summed E-state index contributed by atoms with van der Waals surface area (Å²) in [7, 11) is 1.22. The smallest absolute Gasteiger partial charge is 0.433 e. The topological polar surface area (TPSA) is 79.4 Å². The summed E-state index contributed by atoms with van der Waals surface area (Å²) in [5.74, 6) is 0.713. The summed E-state index contributed by atoms with van der Waals surface area (Å²) in [6.07, 6.45) is -1.23. The predicted molar refractivity (Wildman–Crippen MR) is 92.8 cm³/mol. The van der Waals surface area contributed by atoms with Crippen molar-refractivity contribution in [3.63, 3.8) is 0 Å². The molecule has 0 bridgehead atoms. The first-order valence-electron chi connectivity index (χ1n) is 8.21. The highest BCUT2D eigenvalue weighted by Crippen LogP contribution is 2.33. The van der Waals surface area contributed by atoms with E-state index >= 15 is 0 Å². The Morgan fingerprint density at radius 2 is 2.15 bits per heavy atom. The molecule has 0 saturated carbocycles. The maximum atomic E-state index is 12.7. The summed E-state index contributed by atoms with van der Waals surface area (Å²) in [5, 5.41) is 5.28. The minimum absolute atomic E-state index is 0.0579. The number of hydrogen-bond donors (Lipinski definition) is 2. The van der Waals surface area contributed by atoms with E-state index in [1.54, 1.807) is 6.20 Å². The Morgan fingerprint density at radius 1 is 1.33 bits per heavy atom. The van der Waals surface area contributed by atoms with Crippen LogP contribution >= 0.6 is 0 Å². The van der Waals surface area contributed by atoms with Gasteiger partial charge in [-0.05, 0) is 18.6 Å². The monoisotopic (exact) mass is 381 g/mol. The molecule has 27 heavy (non-hydrogen) atoms. The van der Waals surface area contributed by atoms with E-state index in [1.807, 2.05) is 23.1 Å². The van der Waals surface area contributed by atoms with E-state index in [0.29, 0.717) is 6.54 Å². The van der Waals surface area contributed by atoms with Crippen LogP contribution in [-0.2, 0) is 6.18 Å². The third-order valence-electron chi connectivity index (χ3n) is 4.12. The van der Waals surface area contributed by atoms with Crippen LogP contribution in [0.4, 0.5) is 29.5 Å². The number of urea groups is 1. The SMILES string of the molecule is COc1cc(C(F)(F)F)ncc1NC(=O)NC1CCN(c2ccccn2)C1. The molecular weight excluding hydrogens is 363 g/mol. The molecule has 2 N–H and O–H groups in total. The van der Waals surface area contributed by atoms with Gasteiger partial charge in [0.15, 0.2) is 0 Å². The number of amides is 2. The fraction of sp³-hybridized carbons (Fsp3) is 0.353. The molecule has 1 aliphatic rings. The fourth-order valence-electron chi connectivity index (χ4n) is 2.83. The molecule has 3 rings (SSSR count). The van der Waals surface area contributed by atoms with E-state index in [1.165, 1.54) is 7.11 Å². The number of anilines is 2. The minimum Gasteiger partial charge on any atom is -0.494 e. The lowest BCUT2D eigenvalue weighted by molar-refractivity contribution is -0.141. The average molecular weight is 381 g/mol. The Hall–Kier alpha value is -3.04. The van der Waals surface area contributed by atoms with Crippen molar-refractivity contribution >= 4 is 17.5 Å². The van der Waals surface area contributed by atoms with Gasteiger partial charge in [-0.2, -0.15) is 13.2 Å². The molecule has 0 spiro atoms. The number of hydrogen-bond acceptors (Lipinski definition) is 5. The van der Waals surface area contributed by atoms with Gasteiger partial charge < -0.3 is 20.3 Å². The number of alkyl halides is 3. The number of nitrogens with one attached hydrogen (secondary N) is 2. The van der Waals surface area contributed by atoms with E-state index < -0.39 is 17.9 Å². The number of rotatable bonds is 4. The van der Waals surface area contributed by atoms with Crippen molar-refractivity contribution in [2.75, 3.05) is 30.4 Å². The van der Waals surface area contributed by atoms with Crippen molar-refractivity contribution in [1.29, 1.82) is 0 Å². The largest absolute Gasteiger partial charge is 0.494 e. The lowest BCUT2D eigenvalue weighted by Gasteiger charge is -2.18. The van der Waals surface area contributed by atoms with Crippen LogP contribution in [0.5, 0.6) is 5.75 Å². The summed E-state index contributed by atoms with van der Waals surface area (Å²) in [6.45, 7) is 1.33. The molecular formula is C17H18F3N5O2. The van der Waals surface area contributed by atoms with Gasteiger partial charge in [0.1, 0.15) is 22.9 Å². The zero-order chi connectivity index (χ0) is 19.4. The number of halogens is 3. The summed E-state index contributed by atoms with van der Waals surface area (Å²) in [5.41, 5.74) is -1.03. The molecule has 0 aromatic carbocycles. The second-order valence-corrected chi connectivity index (χ2v) is 5.99. The van der Waals surface area contributed by atoms with E-state index in [4.69, 9.17) is 4.74 Å². The molecule has 7 nitrogen and oxygen atoms in total. The highest BCUT2D eigenvalue weighted by molar-refractivity contribution is 5.91. The Balaban J connectivity index is 1.60. The average Bonchev–Trinajstić information content (AvgIpc) is 3.10. The molecule has 144 valence electrons. The highest BCUT2D eigenvalue weighted by Gasteiger charge is 2.33. The highest BCUT2D eigenvalue weighted by atomic mass is 19.4. The molecule has 1 unspecified atom stereocenters. The number of carbonyl (C=O) groups excluding carboxylic acids is 1. The molecule has 2 aromatic rings. The fourth-order valence-corrected chi connectivity index (χ4v) is 2.83. The number of nitrogens with zero attached hydrogens (tertiary/aromatic N) is 3. The van der Waals surface area contributed by atoms with Gasteiger partial charge in [0, 0.05) is 31.4 Å². The molecule has 1 atom stereocenters. The molecule has 0 radical (unpaired) electrons. The van der Waals surface area contributed by atoms with Crippen molar-refractivity contribution in [1.82, 2.24) is 15.3 Å². The first-order valence-corrected chi connectivity index (χ1v) is 8.21. The first kappa shape index (κ1) is 18.7. The molecule has 1 fully saturated rings. The van der Waals surface area contributed by atoms with E-state index in [0.717, 1.165) is 31.0 Å². The van der Waals surface area contributed by atoms with Crippen molar-refractivity contribution < 1.29 is 22.7 Å². The van der Waals surface area contributed by atoms with Crippen LogP contribution < -0.4 is 20.3 Å². The summed E-state index contributed by atoms with van der Waals surface area (Å²) < 4.78 is 43.1. The summed E-state index contributed by atoms with van der Waals surface area (Å²) in [6, 6.07) is 5.70. The van der Waals surface area contributed by atoms with Gasteiger partial charge in [0.25, 0.3) is 0 Å². The van der Waals surface area contributed by atoms with Gasteiger partial charge in [-0.1, -0.05) is 6.07 Å². The minimum atomic E-state index is -4.59. The number of aromatic nitrogens is 2. The Labute approximate surface area is 153 Å². The number of pyridine rings is 2. The molecule has 0 aliphatic carbocycles. The van der Waals surface area contributed by atoms with Gasteiger partial charge >= 0.3 is 12.2 Å². The van der Waals surface area contributed by atoms with Crippen LogP contribution in [0.1, 0.15) is 12.1 Å². The van der Waals surface area contributed by atoms with Gasteiger partial charge in [0.2, 0.25) is 0 Å². The standard InChI is InChI=1S/C17H18F3N5O2/c1-27-13-8-14(17(18,19)20)22-9-12(13)24-16(26)23-11-5-7-25(10-11)15-4-2-3-6-21-15/h2-4,6,8-9,11H,5,7,10H2,1H3,(H2,23,24,26). The quantitative estimate of drug-likeness (QED) is 0.851. The van der Waals surface area contributed by atoms with Crippen LogP contribution in [0.2, 0.25) is 0 Å². The second kappa shape index (κ2) is 7.68. The number of carbonyl (C=O) groups is 1. The van der Waals surface area contributed by atoms with E-state index in [2.05, 4.69) is 20.6 Å². The van der Waals surface area contributed by atoms with Crippen LogP contribution in [0.15, 0.2) is 36.7 Å². The van der Waals surface area contributed by atoms with E-state index in [-0.39, 0.29) is 17.5 Å². The van der Waals surface area contributed by atoms with Gasteiger partial charge in [-0.3, -0.25) is 0 Å². The first-order chi connectivity index (χ1) is 12.9. The maximum absolute atomic E-state index is 12.7. The molecule has 2 amide bonds. The molecule has 1 aliphatic heterocycles. The second-order valence-electron chi connectivity index (χ2n) is 5.99. The Bertz CT molecular complexity index is 801. The van der Waals surface area contributed by atoms with Gasteiger partial charge in [-0.15, -0.1) is 0 Å².